The van der Waals surface area contributed by atoms with Gasteiger partial charge in [-0.05, 0) is 48.5 Å². The van der Waals surface area contributed by atoms with Gasteiger partial charge in [-0.2, -0.15) is 5.10 Å². The Morgan fingerprint density at radius 2 is 1.43 bits per heavy atom. The van der Waals surface area contributed by atoms with Crippen LogP contribution < -0.4 is 10.0 Å². The molecule has 0 aliphatic carbocycles. The topological polar surface area (TPSA) is 93.1 Å². The molecule has 1 amide bonds. The third-order valence-electron chi connectivity index (χ3n) is 4.30. The molecule has 0 bridgehead atoms. The lowest BCUT2D eigenvalue weighted by Gasteiger charge is -2.08. The molecule has 0 radical (unpaired) electrons. The van der Waals surface area contributed by atoms with Crippen LogP contribution in [-0.4, -0.2) is 24.1 Å². The van der Waals surface area contributed by atoms with Crippen LogP contribution >= 0.6 is 0 Å². The van der Waals surface area contributed by atoms with E-state index < -0.39 is 10.0 Å². The lowest BCUT2D eigenvalue weighted by atomic mass is 10.2. The molecular formula is C22H18N4O3S. The Morgan fingerprint density at radius 3 is 2.10 bits per heavy atom. The summed E-state index contributed by atoms with van der Waals surface area (Å²) in [4.78, 5) is 12.6. The molecule has 0 unspecified atom stereocenters. The molecule has 0 atom stereocenters. The zero-order valence-corrected chi connectivity index (χ0v) is 16.6. The third-order valence-corrected chi connectivity index (χ3v) is 5.70. The minimum Gasteiger partial charge on any atom is -0.305 e. The fourth-order valence-electron chi connectivity index (χ4n) is 2.81. The maximum absolute atomic E-state index is 12.5. The van der Waals surface area contributed by atoms with Gasteiger partial charge in [0.25, 0.3) is 15.9 Å². The van der Waals surface area contributed by atoms with Gasteiger partial charge < -0.3 is 5.32 Å². The Labute approximate surface area is 174 Å². The van der Waals surface area contributed by atoms with Crippen molar-refractivity contribution in [1.82, 2.24) is 9.78 Å². The predicted molar refractivity (Wildman–Crippen MR) is 115 cm³/mol. The number of sulfonamides is 1. The van der Waals surface area contributed by atoms with Crippen molar-refractivity contribution in [3.63, 3.8) is 0 Å². The Hall–Kier alpha value is -3.91. The van der Waals surface area contributed by atoms with Gasteiger partial charge in [0.05, 0.1) is 10.6 Å². The lowest BCUT2D eigenvalue weighted by Crippen LogP contribution is -2.15. The zero-order valence-electron chi connectivity index (χ0n) is 15.8. The Morgan fingerprint density at radius 1 is 0.800 bits per heavy atom. The largest absolute Gasteiger partial charge is 0.305 e. The molecule has 0 aliphatic rings. The summed E-state index contributed by atoms with van der Waals surface area (Å²) in [6.07, 6.45) is 1.75. The molecule has 0 spiro atoms. The van der Waals surface area contributed by atoms with E-state index in [0.717, 1.165) is 5.69 Å². The molecule has 7 nitrogen and oxygen atoms in total. The number of benzene rings is 3. The highest BCUT2D eigenvalue weighted by molar-refractivity contribution is 7.92. The zero-order chi connectivity index (χ0) is 21.0. The highest BCUT2D eigenvalue weighted by atomic mass is 32.2. The van der Waals surface area contributed by atoms with Crippen LogP contribution in [0.15, 0.2) is 102 Å². The number of nitrogens with one attached hydrogen (secondary N) is 2. The summed E-state index contributed by atoms with van der Waals surface area (Å²) in [5.74, 6) is 0.0135. The van der Waals surface area contributed by atoms with Crippen molar-refractivity contribution in [2.75, 3.05) is 10.0 Å². The molecule has 150 valence electrons. The van der Waals surface area contributed by atoms with Gasteiger partial charge in [-0.1, -0.05) is 36.4 Å². The Bertz CT molecular complexity index is 1250. The molecule has 4 rings (SSSR count). The molecule has 0 saturated carbocycles. The summed E-state index contributed by atoms with van der Waals surface area (Å²) in [5.41, 5.74) is 1.66. The SMILES string of the molecule is O=C(Nc1ccn(-c2ccccc2)n1)c1ccc(S(=O)(=O)Nc2ccccc2)cc1. The maximum atomic E-state index is 12.5. The summed E-state index contributed by atoms with van der Waals surface area (Å²) < 4.78 is 29.1. The minimum absolute atomic E-state index is 0.0660. The number of anilines is 2. The van der Waals surface area contributed by atoms with Gasteiger partial charge in [0, 0.05) is 23.5 Å². The molecule has 30 heavy (non-hydrogen) atoms. The summed E-state index contributed by atoms with van der Waals surface area (Å²) >= 11 is 0. The van der Waals surface area contributed by atoms with Crippen LogP contribution in [0.4, 0.5) is 11.5 Å². The molecule has 1 heterocycles. The molecule has 0 saturated heterocycles. The fourth-order valence-corrected chi connectivity index (χ4v) is 3.87. The van der Waals surface area contributed by atoms with Crippen molar-refractivity contribution in [3.05, 3.63) is 103 Å². The Balaban J connectivity index is 1.45. The monoisotopic (exact) mass is 418 g/mol. The molecule has 2 N–H and O–H groups in total. The third kappa shape index (κ3) is 4.39. The number of carbonyl (C=O) groups excluding carboxylic acids is 1. The number of rotatable bonds is 6. The molecule has 0 aliphatic heterocycles. The van der Waals surface area contributed by atoms with E-state index in [1.54, 1.807) is 47.3 Å². The second-order valence-corrected chi connectivity index (χ2v) is 8.11. The number of para-hydroxylation sites is 2. The number of aromatic nitrogens is 2. The summed E-state index contributed by atoms with van der Waals surface area (Å²) in [5, 5.41) is 7.04. The van der Waals surface area contributed by atoms with E-state index in [2.05, 4.69) is 15.1 Å². The smallest absolute Gasteiger partial charge is 0.261 e. The highest BCUT2D eigenvalue weighted by Crippen LogP contribution is 2.17. The van der Waals surface area contributed by atoms with E-state index in [1.165, 1.54) is 24.3 Å². The van der Waals surface area contributed by atoms with Gasteiger partial charge >= 0.3 is 0 Å². The van der Waals surface area contributed by atoms with Gasteiger partial charge in [0.15, 0.2) is 5.82 Å². The summed E-state index contributed by atoms with van der Waals surface area (Å²) in [6.45, 7) is 0. The molecule has 8 heteroatoms. The van der Waals surface area contributed by atoms with Crippen LogP contribution in [0.3, 0.4) is 0 Å². The number of hydrogen-bond acceptors (Lipinski definition) is 4. The van der Waals surface area contributed by atoms with Crippen LogP contribution in [0.1, 0.15) is 10.4 Å². The van der Waals surface area contributed by atoms with Crippen LogP contribution in [0, 0.1) is 0 Å². The van der Waals surface area contributed by atoms with Crippen LogP contribution in [0.25, 0.3) is 5.69 Å². The van der Waals surface area contributed by atoms with Crippen molar-refractivity contribution in [2.24, 2.45) is 0 Å². The number of nitrogens with zero attached hydrogens (tertiary/aromatic N) is 2. The van der Waals surface area contributed by atoms with Gasteiger partial charge in [-0.25, -0.2) is 13.1 Å². The second kappa shape index (κ2) is 8.22. The van der Waals surface area contributed by atoms with Gasteiger partial charge in [-0.15, -0.1) is 0 Å². The Kier molecular flexibility index (Phi) is 5.32. The van der Waals surface area contributed by atoms with Crippen LogP contribution in [0.2, 0.25) is 0 Å². The second-order valence-electron chi connectivity index (χ2n) is 6.43. The van der Waals surface area contributed by atoms with Crippen LogP contribution in [-0.2, 0) is 10.0 Å². The van der Waals surface area contributed by atoms with E-state index in [9.17, 15) is 13.2 Å². The molecular weight excluding hydrogens is 400 g/mol. The molecule has 0 fully saturated rings. The van der Waals surface area contributed by atoms with Gasteiger partial charge in [0.2, 0.25) is 0 Å². The van der Waals surface area contributed by atoms with E-state index in [0.29, 0.717) is 17.1 Å². The predicted octanol–water partition coefficient (Wildman–Crippen LogP) is 3.93. The number of amides is 1. The van der Waals surface area contributed by atoms with E-state index in [1.807, 2.05) is 30.3 Å². The first-order chi connectivity index (χ1) is 14.5. The fraction of sp³-hybridized carbons (Fsp3) is 0. The molecule has 1 aromatic heterocycles. The number of hydrogen-bond donors (Lipinski definition) is 2. The molecule has 4 aromatic rings. The van der Waals surface area contributed by atoms with Gasteiger partial charge in [-0.3, -0.25) is 9.52 Å². The summed E-state index contributed by atoms with van der Waals surface area (Å²) in [6, 6.07) is 25.5. The van der Waals surface area contributed by atoms with Crippen molar-refractivity contribution in [3.8, 4) is 5.69 Å². The lowest BCUT2D eigenvalue weighted by molar-refractivity contribution is 0.102. The normalized spacial score (nSPS) is 11.1. The average Bonchev–Trinajstić information content (AvgIpc) is 3.23. The first-order valence-electron chi connectivity index (χ1n) is 9.12. The van der Waals surface area contributed by atoms with Crippen molar-refractivity contribution < 1.29 is 13.2 Å². The maximum Gasteiger partial charge on any atom is 0.261 e. The number of carbonyl (C=O) groups is 1. The van der Waals surface area contributed by atoms with Crippen molar-refractivity contribution in [1.29, 1.82) is 0 Å². The van der Waals surface area contributed by atoms with Crippen molar-refractivity contribution in [2.45, 2.75) is 4.90 Å². The van der Waals surface area contributed by atoms with Crippen molar-refractivity contribution >= 4 is 27.4 Å². The average molecular weight is 418 g/mol. The highest BCUT2D eigenvalue weighted by Gasteiger charge is 2.15. The summed E-state index contributed by atoms with van der Waals surface area (Å²) in [7, 11) is -3.74. The molecule has 3 aromatic carbocycles. The first-order valence-corrected chi connectivity index (χ1v) is 10.6. The van der Waals surface area contributed by atoms with Crippen LogP contribution in [0.5, 0.6) is 0 Å². The van der Waals surface area contributed by atoms with E-state index in [4.69, 9.17) is 0 Å². The minimum atomic E-state index is -3.74. The first kappa shape index (κ1) is 19.4. The van der Waals surface area contributed by atoms with E-state index >= 15 is 0 Å². The standard InChI is InChI=1S/C22H18N4O3S/c27-22(23-21-15-16-26(24-21)19-9-5-2-6-10-19)17-11-13-20(14-12-17)30(28,29)25-18-7-3-1-4-8-18/h1-16,25H,(H,23,24,27). The quantitative estimate of drug-likeness (QED) is 0.496. The van der Waals surface area contributed by atoms with E-state index in [-0.39, 0.29) is 10.8 Å². The van der Waals surface area contributed by atoms with Gasteiger partial charge in [0.1, 0.15) is 0 Å².